The Kier molecular flexibility index (Phi) is 5.35. The van der Waals surface area contributed by atoms with Crippen molar-refractivity contribution < 1.29 is 0 Å². The molecule has 0 aliphatic carbocycles. The van der Waals surface area contributed by atoms with Crippen LogP contribution in [0.2, 0.25) is 0 Å². The van der Waals surface area contributed by atoms with Crippen LogP contribution in [0.3, 0.4) is 0 Å². The van der Waals surface area contributed by atoms with E-state index in [1.807, 2.05) is 12.1 Å². The second kappa shape index (κ2) is 6.35. The fraction of sp³-hybridized carbons (Fsp3) is 0.444. The molecular weight excluding hydrogens is 251 g/mol. The lowest BCUT2D eigenvalue weighted by atomic mass is 10.3. The maximum Gasteiger partial charge on any atom is 0.0542 e. The molecule has 0 spiro atoms. The van der Waals surface area contributed by atoms with Crippen molar-refractivity contribution in [3.63, 3.8) is 0 Å². The number of hydrogen-bond donors (Lipinski definition) is 1. The summed E-state index contributed by atoms with van der Waals surface area (Å²) in [6.07, 6.45) is 2.80. The number of halogens is 2. The minimum absolute atomic E-state index is 0.709. The van der Waals surface area contributed by atoms with Crippen LogP contribution >= 0.6 is 27.5 Å². The van der Waals surface area contributed by atoms with E-state index in [9.17, 15) is 0 Å². The molecule has 0 unspecified atom stereocenters. The molecule has 1 rings (SSSR count). The lowest BCUT2D eigenvalue weighted by Crippen LogP contribution is -2.15. The van der Waals surface area contributed by atoms with Crippen molar-refractivity contribution in [2.45, 2.75) is 13.0 Å². The van der Waals surface area contributed by atoms with E-state index in [0.717, 1.165) is 29.7 Å². The van der Waals surface area contributed by atoms with Crippen molar-refractivity contribution >= 4 is 27.5 Å². The Balaban J connectivity index is 2.25. The Hall–Kier alpha value is -0.120. The quantitative estimate of drug-likeness (QED) is 0.652. The molecule has 13 heavy (non-hydrogen) atoms. The Morgan fingerprint density at radius 3 is 2.92 bits per heavy atom. The van der Waals surface area contributed by atoms with Gasteiger partial charge in [0.1, 0.15) is 0 Å². The largest absolute Gasteiger partial charge is 0.311 e. The fourth-order valence-electron chi connectivity index (χ4n) is 0.919. The molecule has 1 aromatic heterocycles. The van der Waals surface area contributed by atoms with E-state index in [2.05, 4.69) is 26.2 Å². The molecule has 4 heteroatoms. The van der Waals surface area contributed by atoms with E-state index in [-0.39, 0.29) is 0 Å². The first-order valence-corrected chi connectivity index (χ1v) is 5.53. The summed E-state index contributed by atoms with van der Waals surface area (Å²) in [7, 11) is 0. The van der Waals surface area contributed by atoms with Crippen LogP contribution < -0.4 is 5.32 Å². The first-order chi connectivity index (χ1) is 6.33. The van der Waals surface area contributed by atoms with Crippen molar-refractivity contribution in [2.75, 3.05) is 12.4 Å². The van der Waals surface area contributed by atoms with Gasteiger partial charge >= 0.3 is 0 Å². The standard InChI is InChI=1S/C9H12BrClN2/c10-8-2-3-9(13-6-8)7-12-5-1-4-11/h2-3,6,12H,1,4-5,7H2. The van der Waals surface area contributed by atoms with Crippen LogP contribution in [-0.2, 0) is 6.54 Å². The summed E-state index contributed by atoms with van der Waals surface area (Å²) < 4.78 is 1.01. The first kappa shape index (κ1) is 11.0. The predicted molar refractivity (Wildman–Crippen MR) is 59.0 cm³/mol. The van der Waals surface area contributed by atoms with Crippen LogP contribution in [0.25, 0.3) is 0 Å². The highest BCUT2D eigenvalue weighted by molar-refractivity contribution is 9.10. The van der Waals surface area contributed by atoms with E-state index in [0.29, 0.717) is 5.88 Å². The molecule has 0 saturated heterocycles. The molecule has 0 radical (unpaired) electrons. The number of aromatic nitrogens is 1. The van der Waals surface area contributed by atoms with E-state index < -0.39 is 0 Å². The lowest BCUT2D eigenvalue weighted by Gasteiger charge is -2.02. The van der Waals surface area contributed by atoms with Gasteiger partial charge in [0.05, 0.1) is 5.69 Å². The fourth-order valence-corrected chi connectivity index (χ4v) is 1.29. The van der Waals surface area contributed by atoms with Gasteiger partial charge in [0.2, 0.25) is 0 Å². The number of rotatable bonds is 5. The minimum atomic E-state index is 0.709. The molecule has 0 aliphatic heterocycles. The molecule has 1 aromatic rings. The van der Waals surface area contributed by atoms with Gasteiger partial charge in [0.25, 0.3) is 0 Å². The summed E-state index contributed by atoms with van der Waals surface area (Å²) in [6, 6.07) is 3.99. The average molecular weight is 264 g/mol. The predicted octanol–water partition coefficient (Wildman–Crippen LogP) is 2.56. The summed E-state index contributed by atoms with van der Waals surface area (Å²) in [4.78, 5) is 4.23. The van der Waals surface area contributed by atoms with Gasteiger partial charge in [-0.1, -0.05) is 0 Å². The normalized spacial score (nSPS) is 10.3. The van der Waals surface area contributed by atoms with E-state index in [4.69, 9.17) is 11.6 Å². The highest BCUT2D eigenvalue weighted by atomic mass is 79.9. The topological polar surface area (TPSA) is 24.9 Å². The van der Waals surface area contributed by atoms with Gasteiger partial charge in [-0.25, -0.2) is 0 Å². The van der Waals surface area contributed by atoms with Crippen molar-refractivity contribution in [1.29, 1.82) is 0 Å². The molecule has 0 bridgehead atoms. The molecule has 0 aromatic carbocycles. The number of alkyl halides is 1. The Morgan fingerprint density at radius 2 is 2.31 bits per heavy atom. The summed E-state index contributed by atoms with van der Waals surface area (Å²) in [5.41, 5.74) is 1.05. The summed E-state index contributed by atoms with van der Waals surface area (Å²) in [5.74, 6) is 0.709. The van der Waals surface area contributed by atoms with Crippen LogP contribution in [0.4, 0.5) is 0 Å². The second-order valence-corrected chi connectivity index (χ2v) is 3.98. The Morgan fingerprint density at radius 1 is 1.46 bits per heavy atom. The van der Waals surface area contributed by atoms with Crippen LogP contribution in [0.1, 0.15) is 12.1 Å². The highest BCUT2D eigenvalue weighted by Gasteiger charge is 1.93. The van der Waals surface area contributed by atoms with Crippen molar-refractivity contribution in [3.05, 3.63) is 28.5 Å². The third-order valence-electron chi connectivity index (χ3n) is 1.58. The molecule has 72 valence electrons. The third kappa shape index (κ3) is 4.60. The van der Waals surface area contributed by atoms with E-state index in [1.165, 1.54) is 0 Å². The molecule has 0 aliphatic rings. The highest BCUT2D eigenvalue weighted by Crippen LogP contribution is 2.06. The Labute approximate surface area is 91.8 Å². The first-order valence-electron chi connectivity index (χ1n) is 4.20. The zero-order chi connectivity index (χ0) is 9.52. The third-order valence-corrected chi connectivity index (χ3v) is 2.32. The molecule has 0 saturated carbocycles. The summed E-state index contributed by atoms with van der Waals surface area (Å²) in [6.45, 7) is 1.76. The molecular formula is C9H12BrClN2. The minimum Gasteiger partial charge on any atom is -0.311 e. The number of hydrogen-bond acceptors (Lipinski definition) is 2. The van der Waals surface area contributed by atoms with Crippen LogP contribution in [0.5, 0.6) is 0 Å². The zero-order valence-corrected chi connectivity index (χ0v) is 9.61. The Bertz CT molecular complexity index is 238. The van der Waals surface area contributed by atoms with Gasteiger partial charge in [0.15, 0.2) is 0 Å². The molecule has 0 atom stereocenters. The number of pyridine rings is 1. The second-order valence-electron chi connectivity index (χ2n) is 2.69. The van der Waals surface area contributed by atoms with Gasteiger partial charge in [-0.2, -0.15) is 0 Å². The van der Waals surface area contributed by atoms with Gasteiger partial charge in [-0.3, -0.25) is 4.98 Å². The lowest BCUT2D eigenvalue weighted by molar-refractivity contribution is 0.666. The molecule has 2 nitrogen and oxygen atoms in total. The van der Waals surface area contributed by atoms with Crippen LogP contribution in [-0.4, -0.2) is 17.4 Å². The van der Waals surface area contributed by atoms with Crippen LogP contribution in [0.15, 0.2) is 22.8 Å². The maximum absolute atomic E-state index is 5.54. The number of nitrogens with zero attached hydrogens (tertiary/aromatic N) is 1. The maximum atomic E-state index is 5.54. The smallest absolute Gasteiger partial charge is 0.0542 e. The summed E-state index contributed by atoms with van der Waals surface area (Å²) in [5, 5.41) is 3.26. The molecule has 1 heterocycles. The van der Waals surface area contributed by atoms with Crippen molar-refractivity contribution in [2.24, 2.45) is 0 Å². The van der Waals surface area contributed by atoms with Gasteiger partial charge < -0.3 is 5.32 Å². The van der Waals surface area contributed by atoms with Gasteiger partial charge in [-0.15, -0.1) is 11.6 Å². The van der Waals surface area contributed by atoms with E-state index >= 15 is 0 Å². The molecule has 1 N–H and O–H groups in total. The number of nitrogens with one attached hydrogen (secondary N) is 1. The van der Waals surface area contributed by atoms with Crippen molar-refractivity contribution in [3.8, 4) is 0 Å². The van der Waals surface area contributed by atoms with Crippen LogP contribution in [0, 0.1) is 0 Å². The summed E-state index contributed by atoms with van der Waals surface area (Å²) >= 11 is 8.88. The monoisotopic (exact) mass is 262 g/mol. The molecule has 0 fully saturated rings. The SMILES string of the molecule is ClCCCNCc1ccc(Br)cn1. The van der Waals surface area contributed by atoms with Gasteiger partial charge in [0, 0.05) is 23.1 Å². The molecule has 0 amide bonds. The van der Waals surface area contributed by atoms with Gasteiger partial charge in [-0.05, 0) is 41.0 Å². The zero-order valence-electron chi connectivity index (χ0n) is 7.26. The van der Waals surface area contributed by atoms with Crippen molar-refractivity contribution in [1.82, 2.24) is 10.3 Å². The van der Waals surface area contributed by atoms with E-state index in [1.54, 1.807) is 6.20 Å². The average Bonchev–Trinajstić information content (AvgIpc) is 2.15.